The van der Waals surface area contributed by atoms with Crippen molar-refractivity contribution in [3.63, 3.8) is 0 Å². The summed E-state index contributed by atoms with van der Waals surface area (Å²) in [4.78, 5) is 18.4. The topological polar surface area (TPSA) is 56.7 Å². The average Bonchev–Trinajstić information content (AvgIpc) is 3.36. The summed E-state index contributed by atoms with van der Waals surface area (Å²) in [7, 11) is 2.03. The van der Waals surface area contributed by atoms with Crippen LogP contribution in [0.15, 0.2) is 33.7 Å². The molecule has 2 rings (SSSR count). The van der Waals surface area contributed by atoms with E-state index in [1.807, 2.05) is 19.2 Å². The molecule has 0 heterocycles. The Morgan fingerprint density at radius 3 is 2.67 bits per heavy atom. The lowest BCUT2D eigenvalue weighted by atomic mass is 10.2. The molecule has 5 nitrogen and oxygen atoms in total. The van der Waals surface area contributed by atoms with E-state index in [9.17, 15) is 4.79 Å². The second-order valence-electron chi connectivity index (χ2n) is 6.16. The number of rotatable bonds is 8. The van der Waals surface area contributed by atoms with Crippen molar-refractivity contribution in [2.24, 2.45) is 4.99 Å². The molecule has 0 unspecified atom stereocenters. The predicted molar refractivity (Wildman–Crippen MR) is 102 cm³/mol. The van der Waals surface area contributed by atoms with Crippen molar-refractivity contribution in [3.8, 4) is 0 Å². The minimum absolute atomic E-state index is 0.154. The number of guanidine groups is 1. The second kappa shape index (κ2) is 9.67. The van der Waals surface area contributed by atoms with Gasteiger partial charge in [-0.3, -0.25) is 9.79 Å². The molecule has 1 aromatic rings. The smallest absolute Gasteiger partial charge is 0.220 e. The van der Waals surface area contributed by atoms with Crippen LogP contribution in [0.1, 0.15) is 38.2 Å². The number of halogens is 1. The second-order valence-corrected chi connectivity index (χ2v) is 7.08. The fraction of sp³-hybridized carbons (Fsp3) is 0.556. The van der Waals surface area contributed by atoms with Gasteiger partial charge in [0, 0.05) is 43.6 Å². The molecule has 6 heteroatoms. The minimum Gasteiger partial charge on any atom is -0.357 e. The molecular formula is C18H27BrN4O. The van der Waals surface area contributed by atoms with Gasteiger partial charge in [-0.05, 0) is 43.9 Å². The highest BCUT2D eigenvalue weighted by atomic mass is 79.9. The molecule has 1 amide bonds. The largest absolute Gasteiger partial charge is 0.357 e. The first-order chi connectivity index (χ1) is 11.6. The number of amides is 1. The van der Waals surface area contributed by atoms with Gasteiger partial charge in [-0.1, -0.05) is 28.1 Å². The zero-order chi connectivity index (χ0) is 17.4. The Balaban J connectivity index is 1.79. The average molecular weight is 395 g/mol. The van der Waals surface area contributed by atoms with Crippen LogP contribution in [0, 0.1) is 0 Å². The van der Waals surface area contributed by atoms with Gasteiger partial charge in [0.2, 0.25) is 5.91 Å². The van der Waals surface area contributed by atoms with E-state index in [2.05, 4.69) is 55.5 Å². The van der Waals surface area contributed by atoms with Crippen molar-refractivity contribution >= 4 is 27.8 Å². The Labute approximate surface area is 153 Å². The zero-order valence-corrected chi connectivity index (χ0v) is 16.1. The highest BCUT2D eigenvalue weighted by Crippen LogP contribution is 2.18. The maximum Gasteiger partial charge on any atom is 0.220 e. The van der Waals surface area contributed by atoms with Gasteiger partial charge in [-0.25, -0.2) is 0 Å². The van der Waals surface area contributed by atoms with E-state index in [1.54, 1.807) is 0 Å². The number of aliphatic imine (C=N–C) groups is 1. The number of carbonyl (C=O) groups is 1. The first-order valence-corrected chi connectivity index (χ1v) is 9.41. The Morgan fingerprint density at radius 2 is 2.04 bits per heavy atom. The number of carbonyl (C=O) groups excluding carboxylic acids is 1. The molecule has 0 radical (unpaired) electrons. The lowest BCUT2D eigenvalue weighted by Crippen LogP contribution is -2.38. The van der Waals surface area contributed by atoms with Crippen molar-refractivity contribution in [2.75, 3.05) is 20.1 Å². The third-order valence-corrected chi connectivity index (χ3v) is 4.32. The minimum atomic E-state index is 0.154. The van der Waals surface area contributed by atoms with Crippen LogP contribution in [0.3, 0.4) is 0 Å². The molecule has 1 saturated carbocycles. The van der Waals surface area contributed by atoms with Crippen LogP contribution in [0.25, 0.3) is 0 Å². The lowest BCUT2D eigenvalue weighted by molar-refractivity contribution is -0.121. The summed E-state index contributed by atoms with van der Waals surface area (Å²) in [5, 5.41) is 6.32. The zero-order valence-electron chi connectivity index (χ0n) is 14.5. The van der Waals surface area contributed by atoms with E-state index in [0.717, 1.165) is 42.8 Å². The van der Waals surface area contributed by atoms with Crippen molar-refractivity contribution in [1.29, 1.82) is 0 Å². The molecule has 1 fully saturated rings. The predicted octanol–water partition coefficient (Wildman–Crippen LogP) is 2.91. The third kappa shape index (κ3) is 6.91. The summed E-state index contributed by atoms with van der Waals surface area (Å²) in [6.07, 6.45) is 3.60. The molecule has 0 atom stereocenters. The van der Waals surface area contributed by atoms with Crippen LogP contribution in [0.2, 0.25) is 0 Å². The van der Waals surface area contributed by atoms with E-state index >= 15 is 0 Å². The van der Waals surface area contributed by atoms with Gasteiger partial charge >= 0.3 is 0 Å². The van der Waals surface area contributed by atoms with E-state index in [-0.39, 0.29) is 5.91 Å². The molecule has 0 spiro atoms. The third-order valence-electron chi connectivity index (χ3n) is 3.80. The van der Waals surface area contributed by atoms with Crippen LogP contribution >= 0.6 is 15.9 Å². The molecule has 0 saturated heterocycles. The van der Waals surface area contributed by atoms with E-state index in [4.69, 9.17) is 0 Å². The van der Waals surface area contributed by atoms with Crippen molar-refractivity contribution < 1.29 is 4.79 Å². The Bertz CT molecular complexity index is 555. The first-order valence-electron chi connectivity index (χ1n) is 8.61. The van der Waals surface area contributed by atoms with Crippen molar-refractivity contribution in [1.82, 2.24) is 15.5 Å². The van der Waals surface area contributed by atoms with Gasteiger partial charge in [-0.2, -0.15) is 0 Å². The van der Waals surface area contributed by atoms with Crippen LogP contribution < -0.4 is 10.6 Å². The number of nitrogens with one attached hydrogen (secondary N) is 2. The van der Waals surface area contributed by atoms with Crippen LogP contribution in [0.5, 0.6) is 0 Å². The van der Waals surface area contributed by atoms with Gasteiger partial charge in [-0.15, -0.1) is 0 Å². The van der Waals surface area contributed by atoms with Crippen molar-refractivity contribution in [2.45, 2.75) is 45.2 Å². The van der Waals surface area contributed by atoms with Gasteiger partial charge in [0.1, 0.15) is 0 Å². The van der Waals surface area contributed by atoms with Crippen LogP contribution in [-0.2, 0) is 11.3 Å². The van der Waals surface area contributed by atoms with Gasteiger partial charge < -0.3 is 15.5 Å². The summed E-state index contributed by atoms with van der Waals surface area (Å²) in [6.45, 7) is 4.34. The molecule has 1 aromatic carbocycles. The Hall–Kier alpha value is -1.56. The normalized spacial score (nSPS) is 14.4. The summed E-state index contributed by atoms with van der Waals surface area (Å²) in [5.74, 6) is 1.03. The van der Waals surface area contributed by atoms with E-state index < -0.39 is 0 Å². The summed E-state index contributed by atoms with van der Waals surface area (Å²) < 4.78 is 1.08. The first kappa shape index (κ1) is 18.8. The maximum absolute atomic E-state index is 11.7. The Morgan fingerprint density at radius 1 is 1.33 bits per heavy atom. The standard InChI is InChI=1S/C18H27BrN4O/c1-3-20-18(21-12-4-5-17(24)22-16-10-11-16)23(2)13-14-6-8-15(19)9-7-14/h6-9,16H,3-5,10-13H2,1-2H3,(H,20,21)(H,22,24). The molecule has 24 heavy (non-hydrogen) atoms. The van der Waals surface area contributed by atoms with Gasteiger partial charge in [0.05, 0.1) is 0 Å². The lowest BCUT2D eigenvalue weighted by Gasteiger charge is -2.22. The molecular weight excluding hydrogens is 368 g/mol. The van der Waals surface area contributed by atoms with E-state index in [0.29, 0.717) is 19.0 Å². The Kier molecular flexibility index (Phi) is 7.56. The fourth-order valence-electron chi connectivity index (χ4n) is 2.36. The number of nitrogens with zero attached hydrogens (tertiary/aromatic N) is 2. The number of benzene rings is 1. The van der Waals surface area contributed by atoms with E-state index in [1.165, 1.54) is 5.56 Å². The maximum atomic E-state index is 11.7. The van der Waals surface area contributed by atoms with Gasteiger partial charge in [0.25, 0.3) is 0 Å². The summed E-state index contributed by atoms with van der Waals surface area (Å²) >= 11 is 3.46. The van der Waals surface area contributed by atoms with Crippen LogP contribution in [-0.4, -0.2) is 42.9 Å². The van der Waals surface area contributed by atoms with Crippen LogP contribution in [0.4, 0.5) is 0 Å². The molecule has 1 aliphatic carbocycles. The summed E-state index contributed by atoms with van der Waals surface area (Å²) in [6, 6.07) is 8.74. The van der Waals surface area contributed by atoms with Gasteiger partial charge in [0.15, 0.2) is 5.96 Å². The van der Waals surface area contributed by atoms with Crippen molar-refractivity contribution in [3.05, 3.63) is 34.3 Å². The molecule has 2 N–H and O–H groups in total. The molecule has 0 aliphatic heterocycles. The molecule has 0 aromatic heterocycles. The highest BCUT2D eigenvalue weighted by Gasteiger charge is 2.22. The quantitative estimate of drug-likeness (QED) is 0.404. The summed E-state index contributed by atoms with van der Waals surface area (Å²) in [5.41, 5.74) is 1.23. The molecule has 0 bridgehead atoms. The number of hydrogen-bond donors (Lipinski definition) is 2. The number of hydrogen-bond acceptors (Lipinski definition) is 2. The molecule has 1 aliphatic rings. The SMILES string of the molecule is CCNC(=NCCCC(=O)NC1CC1)N(C)Cc1ccc(Br)cc1. The molecule has 132 valence electrons. The fourth-order valence-corrected chi connectivity index (χ4v) is 2.62. The monoisotopic (exact) mass is 394 g/mol. The highest BCUT2D eigenvalue weighted by molar-refractivity contribution is 9.10.